The molecule has 0 saturated carbocycles. The average molecular weight is 755 g/mol. The van der Waals surface area contributed by atoms with E-state index < -0.39 is 46.2 Å². The molecular formula is C39H23ClF4N4O4S. The molecule has 0 atom stereocenters. The molecule has 0 spiro atoms. The first kappa shape index (κ1) is 36.4. The Morgan fingerprint density at radius 2 is 1.68 bits per heavy atom. The lowest BCUT2D eigenvalue weighted by molar-refractivity contribution is -0.135. The molecule has 6 rings (SSSR count). The fourth-order valence-electron chi connectivity index (χ4n) is 5.99. The van der Waals surface area contributed by atoms with Gasteiger partial charge in [0.2, 0.25) is 0 Å². The Hall–Kier alpha value is -6.41. The van der Waals surface area contributed by atoms with Gasteiger partial charge in [-0.2, -0.15) is 5.26 Å². The van der Waals surface area contributed by atoms with Crippen molar-refractivity contribution in [3.63, 3.8) is 0 Å². The maximum Gasteiger partial charge on any atom is 0.322 e. The van der Waals surface area contributed by atoms with Gasteiger partial charge in [-0.25, -0.2) is 34.8 Å². The Bertz CT molecular complexity index is 2650. The minimum Gasteiger partial charge on any atom is -0.480 e. The highest BCUT2D eigenvalue weighted by atomic mass is 35.5. The second-order valence-corrected chi connectivity index (χ2v) is 13.8. The number of hydrogen-bond donors (Lipinski definition) is 2. The molecule has 0 unspecified atom stereocenters. The minimum absolute atomic E-state index is 0.0148. The maximum absolute atomic E-state index is 15.5. The highest BCUT2D eigenvalue weighted by Gasteiger charge is 2.31. The highest BCUT2D eigenvalue weighted by Crippen LogP contribution is 2.48. The summed E-state index contributed by atoms with van der Waals surface area (Å²) in [7, 11) is -4.70. The van der Waals surface area contributed by atoms with Crippen molar-refractivity contribution in [3.05, 3.63) is 148 Å². The van der Waals surface area contributed by atoms with Crippen molar-refractivity contribution in [1.82, 2.24) is 9.29 Å². The van der Waals surface area contributed by atoms with Crippen LogP contribution in [0, 0.1) is 29.5 Å². The van der Waals surface area contributed by atoms with Gasteiger partial charge in [0.15, 0.2) is 5.69 Å². The number of aromatic nitrogens is 1. The van der Waals surface area contributed by atoms with E-state index in [0.29, 0.717) is 0 Å². The molecule has 264 valence electrons. The van der Waals surface area contributed by atoms with E-state index >= 15 is 8.78 Å². The largest absolute Gasteiger partial charge is 0.480 e. The number of nitrogens with zero attached hydrogens (tertiary/aromatic N) is 3. The van der Waals surface area contributed by atoms with Crippen molar-refractivity contribution in [2.24, 2.45) is 0 Å². The predicted octanol–water partition coefficient (Wildman–Crippen LogP) is 9.82. The smallest absolute Gasteiger partial charge is 0.322 e. The summed E-state index contributed by atoms with van der Waals surface area (Å²) in [6.45, 7) is 11.1. The van der Waals surface area contributed by atoms with Crippen LogP contribution in [-0.2, 0) is 14.8 Å². The summed E-state index contributed by atoms with van der Waals surface area (Å²) in [5, 5.41) is 21.7. The Morgan fingerprint density at radius 1 is 0.981 bits per heavy atom. The van der Waals surface area contributed by atoms with Gasteiger partial charge >= 0.3 is 5.97 Å². The van der Waals surface area contributed by atoms with Gasteiger partial charge in [-0.15, -0.1) is 0 Å². The third kappa shape index (κ3) is 6.71. The molecule has 0 bridgehead atoms. The number of nitrogens with one attached hydrogen (secondary N) is 1. The van der Waals surface area contributed by atoms with E-state index in [1.54, 1.807) is 6.07 Å². The number of rotatable bonds is 10. The molecule has 2 N–H and O–H groups in total. The number of hydrogen-bond acceptors (Lipinski definition) is 5. The minimum atomic E-state index is -4.70. The van der Waals surface area contributed by atoms with E-state index in [0.717, 1.165) is 46.4 Å². The Labute approximate surface area is 305 Å². The zero-order valence-corrected chi connectivity index (χ0v) is 28.6. The third-order valence-electron chi connectivity index (χ3n) is 8.37. The zero-order chi connectivity index (χ0) is 38.2. The van der Waals surface area contributed by atoms with Crippen LogP contribution in [0.5, 0.6) is 0 Å². The van der Waals surface area contributed by atoms with Crippen LogP contribution in [-0.4, -0.2) is 30.0 Å². The number of alkyl halides is 2. The van der Waals surface area contributed by atoms with Crippen molar-refractivity contribution < 1.29 is 35.9 Å². The first-order chi connectivity index (χ1) is 25.3. The molecule has 0 amide bonds. The molecule has 0 aliphatic carbocycles. The summed E-state index contributed by atoms with van der Waals surface area (Å²) in [5.74, 6) is -2.75. The summed E-state index contributed by atoms with van der Waals surface area (Å²) < 4.78 is 87.6. The quantitative estimate of drug-likeness (QED) is 0.106. The van der Waals surface area contributed by atoms with E-state index in [-0.39, 0.29) is 76.8 Å². The van der Waals surface area contributed by atoms with E-state index in [1.165, 1.54) is 48.5 Å². The summed E-state index contributed by atoms with van der Waals surface area (Å²) in [4.78, 5) is 14.2. The third-order valence-corrected chi connectivity index (χ3v) is 10.4. The molecule has 14 heteroatoms. The van der Waals surface area contributed by atoms with Crippen LogP contribution in [0.4, 0.5) is 23.2 Å². The molecule has 0 aliphatic heterocycles. The molecule has 53 heavy (non-hydrogen) atoms. The van der Waals surface area contributed by atoms with Crippen molar-refractivity contribution in [3.8, 4) is 39.6 Å². The molecule has 0 aliphatic rings. The highest BCUT2D eigenvalue weighted by molar-refractivity contribution is 7.90. The molecule has 1 heterocycles. The van der Waals surface area contributed by atoms with Crippen molar-refractivity contribution >= 4 is 49.9 Å². The fourth-order valence-corrected chi connectivity index (χ4v) is 7.81. The van der Waals surface area contributed by atoms with Gasteiger partial charge in [0, 0.05) is 55.1 Å². The molecule has 0 radical (unpaired) electrons. The predicted molar refractivity (Wildman–Crippen MR) is 193 cm³/mol. The van der Waals surface area contributed by atoms with Gasteiger partial charge in [-0.3, -0.25) is 4.79 Å². The summed E-state index contributed by atoms with van der Waals surface area (Å²) in [5.41, 5.74) is -0.148. The molecule has 8 nitrogen and oxygen atoms in total. The van der Waals surface area contributed by atoms with Crippen LogP contribution < -0.4 is 5.32 Å². The second-order valence-electron chi connectivity index (χ2n) is 11.6. The van der Waals surface area contributed by atoms with Gasteiger partial charge in [0.05, 0.1) is 28.7 Å². The van der Waals surface area contributed by atoms with Gasteiger partial charge in [0.25, 0.3) is 16.4 Å². The normalized spacial score (nSPS) is 11.3. The number of aliphatic carboxylic acids is 1. The van der Waals surface area contributed by atoms with Crippen molar-refractivity contribution in [1.29, 1.82) is 5.26 Å². The van der Waals surface area contributed by atoms with E-state index in [1.807, 2.05) is 6.07 Å². The first-order valence-electron chi connectivity index (χ1n) is 15.4. The number of carbonyl (C=O) groups is 1. The van der Waals surface area contributed by atoms with E-state index in [9.17, 15) is 27.3 Å². The lowest BCUT2D eigenvalue weighted by atomic mass is 9.92. The zero-order valence-electron chi connectivity index (χ0n) is 27.0. The van der Waals surface area contributed by atoms with Crippen LogP contribution >= 0.6 is 11.6 Å². The molecule has 0 fully saturated rings. The Morgan fingerprint density at radius 3 is 2.34 bits per heavy atom. The second kappa shape index (κ2) is 14.3. The SMILES string of the molecule is [C-]#[N+]c1cccc(C#N)c1-c1c(-c2cccc(-c3cc(F)c(C(=C)NCC(=O)O)cc3Cl)c2)n(S(=O)(=O)c2ccc(C(F)F)cc2)c2ccc(F)cc12. The van der Waals surface area contributed by atoms with Crippen LogP contribution in [0.1, 0.15) is 23.1 Å². The Kier molecular flexibility index (Phi) is 9.82. The number of nitriles is 1. The van der Waals surface area contributed by atoms with Crippen LogP contribution in [0.3, 0.4) is 0 Å². The number of benzene rings is 5. The lowest BCUT2D eigenvalue weighted by Crippen LogP contribution is -2.21. The number of halogens is 5. The maximum atomic E-state index is 15.5. The lowest BCUT2D eigenvalue weighted by Gasteiger charge is -2.17. The van der Waals surface area contributed by atoms with Crippen LogP contribution in [0.15, 0.2) is 109 Å². The van der Waals surface area contributed by atoms with Gasteiger partial charge in [-0.1, -0.05) is 60.6 Å². The number of fused-ring (bicyclic) bond motifs is 1. The van der Waals surface area contributed by atoms with Crippen LogP contribution in [0.25, 0.3) is 55.0 Å². The number of carboxylic acid groups (broad SMARTS) is 1. The standard InChI is InChI=1S/C39H23ClF4N4O4S/c1-21(47-20-35(49)50)28-17-31(40)29(18-32(28)42)23-5-3-6-24(15-23)38-37(36-25(19-45)7-4-8-33(36)46-2)30-16-26(41)11-14-34(30)48(38)53(51,52)27-12-9-22(10-13-27)39(43)44/h3-18,39,47H,1,20H2,(H,49,50). The van der Waals surface area contributed by atoms with E-state index in [2.05, 4.69) is 16.7 Å². The number of carboxylic acids is 1. The molecule has 1 aromatic heterocycles. The first-order valence-corrected chi connectivity index (χ1v) is 17.2. The van der Waals surface area contributed by atoms with E-state index in [4.69, 9.17) is 23.3 Å². The Balaban J connectivity index is 1.68. The topological polar surface area (TPSA) is 117 Å². The molecule has 0 saturated heterocycles. The fraction of sp³-hybridized carbons (Fsp3) is 0.0513. The van der Waals surface area contributed by atoms with Crippen molar-refractivity contribution in [2.45, 2.75) is 11.3 Å². The van der Waals surface area contributed by atoms with Crippen LogP contribution in [0.2, 0.25) is 5.02 Å². The van der Waals surface area contributed by atoms with Crippen molar-refractivity contribution in [2.75, 3.05) is 6.54 Å². The summed E-state index contributed by atoms with van der Waals surface area (Å²) in [6.07, 6.45) is -2.87. The van der Waals surface area contributed by atoms with Gasteiger partial charge in [-0.05, 0) is 60.2 Å². The molecule has 6 aromatic rings. The summed E-state index contributed by atoms with van der Waals surface area (Å²) >= 11 is 6.63. The molecule has 5 aromatic carbocycles. The van der Waals surface area contributed by atoms with Gasteiger partial charge in [0.1, 0.15) is 18.2 Å². The van der Waals surface area contributed by atoms with Gasteiger partial charge < -0.3 is 10.4 Å². The monoisotopic (exact) mass is 754 g/mol. The molecular weight excluding hydrogens is 732 g/mol. The summed E-state index contributed by atoms with van der Waals surface area (Å²) in [6, 6.07) is 22.1. The average Bonchev–Trinajstić information content (AvgIpc) is 3.48.